The maximum atomic E-state index is 5.79. The molecule has 0 heterocycles. The van der Waals surface area contributed by atoms with Gasteiger partial charge in [-0.3, -0.25) is 0 Å². The van der Waals surface area contributed by atoms with E-state index in [0.717, 1.165) is 11.1 Å². The molecule has 3 heteroatoms. The molecule has 0 nitrogen and oxygen atoms in total. The Morgan fingerprint density at radius 1 is 1.33 bits per heavy atom. The van der Waals surface area contributed by atoms with E-state index >= 15 is 0 Å². The third kappa shape index (κ3) is 2.81. The van der Waals surface area contributed by atoms with Gasteiger partial charge in [-0.05, 0) is 29.7 Å². The molecule has 1 unspecified atom stereocenters. The van der Waals surface area contributed by atoms with Crippen LogP contribution >= 0.6 is 22.7 Å². The van der Waals surface area contributed by atoms with Crippen molar-refractivity contribution >= 4 is 31.5 Å². The van der Waals surface area contributed by atoms with E-state index in [1.165, 1.54) is 5.56 Å². The Balaban J connectivity index is 2.68. The van der Waals surface area contributed by atoms with Crippen molar-refractivity contribution in [3.8, 4) is 0 Å². The highest BCUT2D eigenvalue weighted by molar-refractivity contribution is 6.93. The Kier molecular flexibility index (Phi) is 4.13. The molecule has 0 fully saturated rings. The highest BCUT2D eigenvalue weighted by Gasteiger charge is 2.03. The van der Waals surface area contributed by atoms with Crippen molar-refractivity contribution in [2.75, 3.05) is 0 Å². The van der Waals surface area contributed by atoms with Crippen LogP contribution in [0.4, 0.5) is 0 Å². The van der Waals surface area contributed by atoms with E-state index in [4.69, 9.17) is 22.7 Å². The Bertz CT molecular complexity index is 233. The minimum absolute atomic E-state index is 0.348. The largest absolute Gasteiger partial charge is 0.176 e. The van der Waals surface area contributed by atoms with Gasteiger partial charge in [-0.15, -0.1) is 0 Å². The SMILES string of the molecule is CC(C[SiH2]Cl)c1ccc(Cl)cc1. The molecule has 0 aliphatic heterocycles. The lowest BCUT2D eigenvalue weighted by Gasteiger charge is -2.08. The lowest BCUT2D eigenvalue weighted by molar-refractivity contribution is 0.862. The van der Waals surface area contributed by atoms with Crippen LogP contribution in [0.3, 0.4) is 0 Å². The van der Waals surface area contributed by atoms with E-state index in [0.29, 0.717) is 5.92 Å². The quantitative estimate of drug-likeness (QED) is 0.541. The Labute approximate surface area is 85.4 Å². The molecule has 1 rings (SSSR count). The average molecular weight is 219 g/mol. The molecule has 0 saturated carbocycles. The van der Waals surface area contributed by atoms with Gasteiger partial charge in [0, 0.05) is 5.02 Å². The van der Waals surface area contributed by atoms with Crippen LogP contribution in [0.25, 0.3) is 0 Å². The zero-order valence-corrected chi connectivity index (χ0v) is 9.98. The molecule has 0 radical (unpaired) electrons. The van der Waals surface area contributed by atoms with Gasteiger partial charge < -0.3 is 0 Å². The van der Waals surface area contributed by atoms with Gasteiger partial charge in [0.2, 0.25) is 0 Å². The molecule has 0 aliphatic rings. The van der Waals surface area contributed by atoms with Crippen molar-refractivity contribution in [3.63, 3.8) is 0 Å². The fourth-order valence-corrected chi connectivity index (χ4v) is 2.89. The van der Waals surface area contributed by atoms with E-state index in [1.54, 1.807) is 0 Å². The van der Waals surface area contributed by atoms with E-state index in [2.05, 4.69) is 19.1 Å². The standard InChI is InChI=1S/C9H12Cl2Si/c1-7(6-12-11)8-2-4-9(10)5-3-8/h2-5,7H,6,12H2,1H3. The first-order valence-electron chi connectivity index (χ1n) is 4.05. The monoisotopic (exact) mass is 218 g/mol. The summed E-state index contributed by atoms with van der Waals surface area (Å²) >= 11 is 11.6. The molecule has 1 atom stereocenters. The van der Waals surface area contributed by atoms with Crippen molar-refractivity contribution < 1.29 is 0 Å². The summed E-state index contributed by atoms with van der Waals surface area (Å²) in [5, 5.41) is 0.800. The van der Waals surface area contributed by atoms with E-state index in [-0.39, 0.29) is 8.83 Å². The predicted molar refractivity (Wildman–Crippen MR) is 59.1 cm³/mol. The summed E-state index contributed by atoms with van der Waals surface area (Å²) in [5.74, 6) is 0.589. The molecular weight excluding hydrogens is 207 g/mol. The highest BCUT2D eigenvalue weighted by atomic mass is 35.6. The summed E-state index contributed by atoms with van der Waals surface area (Å²) in [4.78, 5) is 0. The van der Waals surface area contributed by atoms with Crippen LogP contribution in [0.1, 0.15) is 18.4 Å². The number of benzene rings is 1. The van der Waals surface area contributed by atoms with Crippen LogP contribution in [0.2, 0.25) is 11.1 Å². The molecule has 0 N–H and O–H groups in total. The summed E-state index contributed by atoms with van der Waals surface area (Å²) in [6.07, 6.45) is 0. The maximum Gasteiger partial charge on any atom is 0.125 e. The molecular formula is C9H12Cl2Si. The number of hydrogen-bond acceptors (Lipinski definition) is 0. The van der Waals surface area contributed by atoms with Gasteiger partial charge in [-0.2, -0.15) is 11.1 Å². The smallest absolute Gasteiger partial charge is 0.125 e. The fourth-order valence-electron chi connectivity index (χ4n) is 1.12. The van der Waals surface area contributed by atoms with Gasteiger partial charge in [0.05, 0.1) is 0 Å². The molecule has 0 aromatic heterocycles. The van der Waals surface area contributed by atoms with Crippen LogP contribution < -0.4 is 0 Å². The molecule has 0 bridgehead atoms. The minimum atomic E-state index is -0.348. The van der Waals surface area contributed by atoms with Crippen molar-refractivity contribution in [1.29, 1.82) is 0 Å². The van der Waals surface area contributed by atoms with Gasteiger partial charge in [0.1, 0.15) is 8.83 Å². The van der Waals surface area contributed by atoms with Crippen molar-refractivity contribution in [2.45, 2.75) is 18.9 Å². The van der Waals surface area contributed by atoms with Gasteiger partial charge in [-0.1, -0.05) is 30.7 Å². The second-order valence-corrected chi connectivity index (χ2v) is 5.46. The third-order valence-corrected chi connectivity index (χ3v) is 3.97. The van der Waals surface area contributed by atoms with E-state index in [1.807, 2.05) is 12.1 Å². The Morgan fingerprint density at radius 3 is 2.42 bits per heavy atom. The summed E-state index contributed by atoms with van der Waals surface area (Å²) in [7, 11) is -0.348. The number of halogens is 2. The first kappa shape index (κ1) is 10.1. The van der Waals surface area contributed by atoms with E-state index in [9.17, 15) is 0 Å². The highest BCUT2D eigenvalue weighted by Crippen LogP contribution is 2.21. The molecule has 0 amide bonds. The average Bonchev–Trinajstić information content (AvgIpc) is 2.06. The maximum absolute atomic E-state index is 5.79. The van der Waals surface area contributed by atoms with Crippen LogP contribution in [-0.2, 0) is 0 Å². The van der Waals surface area contributed by atoms with Gasteiger partial charge in [-0.25, -0.2) is 0 Å². The lowest BCUT2D eigenvalue weighted by atomic mass is 10.0. The molecule has 0 saturated heterocycles. The summed E-state index contributed by atoms with van der Waals surface area (Å²) in [6, 6.07) is 9.18. The van der Waals surface area contributed by atoms with Crippen molar-refractivity contribution in [3.05, 3.63) is 34.9 Å². The fraction of sp³-hybridized carbons (Fsp3) is 0.333. The second kappa shape index (κ2) is 4.90. The summed E-state index contributed by atoms with van der Waals surface area (Å²) in [6.45, 7) is 2.21. The van der Waals surface area contributed by atoms with E-state index < -0.39 is 0 Å². The Hall–Kier alpha value is 0.0169. The first-order chi connectivity index (χ1) is 5.74. The van der Waals surface area contributed by atoms with Gasteiger partial charge in [0.25, 0.3) is 0 Å². The second-order valence-electron chi connectivity index (χ2n) is 2.93. The van der Waals surface area contributed by atoms with Crippen LogP contribution in [0, 0.1) is 0 Å². The molecule has 12 heavy (non-hydrogen) atoms. The minimum Gasteiger partial charge on any atom is -0.176 e. The summed E-state index contributed by atoms with van der Waals surface area (Å²) < 4.78 is 0. The van der Waals surface area contributed by atoms with Crippen LogP contribution in [-0.4, -0.2) is 8.83 Å². The third-order valence-electron chi connectivity index (χ3n) is 1.98. The Morgan fingerprint density at radius 2 is 1.92 bits per heavy atom. The molecule has 1 aromatic rings. The van der Waals surface area contributed by atoms with Crippen LogP contribution in [0.15, 0.2) is 24.3 Å². The molecule has 66 valence electrons. The predicted octanol–water partition coefficient (Wildman–Crippen LogP) is 3.18. The zero-order valence-electron chi connectivity index (χ0n) is 7.06. The normalized spacial score (nSPS) is 13.9. The number of hydrogen-bond donors (Lipinski definition) is 0. The first-order valence-corrected chi connectivity index (χ1v) is 7.57. The van der Waals surface area contributed by atoms with Crippen molar-refractivity contribution in [2.24, 2.45) is 0 Å². The zero-order chi connectivity index (χ0) is 8.97. The molecule has 0 spiro atoms. The van der Waals surface area contributed by atoms with Gasteiger partial charge in [0.15, 0.2) is 0 Å². The topological polar surface area (TPSA) is 0 Å². The van der Waals surface area contributed by atoms with Gasteiger partial charge >= 0.3 is 0 Å². The number of rotatable bonds is 3. The summed E-state index contributed by atoms with van der Waals surface area (Å²) in [5.41, 5.74) is 1.34. The molecule has 1 aromatic carbocycles. The lowest BCUT2D eigenvalue weighted by Crippen LogP contribution is -1.94. The van der Waals surface area contributed by atoms with Crippen LogP contribution in [0.5, 0.6) is 0 Å². The van der Waals surface area contributed by atoms with Crippen molar-refractivity contribution in [1.82, 2.24) is 0 Å². The molecule has 0 aliphatic carbocycles.